The third kappa shape index (κ3) is 1.25. The molecule has 74 valence electrons. The molecule has 2 nitrogen and oxygen atoms in total. The van der Waals surface area contributed by atoms with Gasteiger partial charge in [0.05, 0.1) is 0 Å². The van der Waals surface area contributed by atoms with Gasteiger partial charge in [-0.15, -0.1) is 0 Å². The summed E-state index contributed by atoms with van der Waals surface area (Å²) in [5.74, 6) is 0.862. The van der Waals surface area contributed by atoms with Crippen molar-refractivity contribution in [3.05, 3.63) is 29.6 Å². The third-order valence-corrected chi connectivity index (χ3v) is 3.65. The van der Waals surface area contributed by atoms with Gasteiger partial charge >= 0.3 is 0 Å². The monoisotopic (exact) mass is 188 g/mol. The van der Waals surface area contributed by atoms with E-state index in [4.69, 9.17) is 0 Å². The van der Waals surface area contributed by atoms with Crippen LogP contribution in [0.5, 0.6) is 0 Å². The Balaban J connectivity index is 1.99. The van der Waals surface area contributed by atoms with E-state index in [1.165, 1.54) is 43.4 Å². The van der Waals surface area contributed by atoms with Gasteiger partial charge in [-0.3, -0.25) is 4.98 Å². The molecule has 1 aliphatic heterocycles. The van der Waals surface area contributed by atoms with E-state index in [0.717, 1.165) is 5.92 Å². The van der Waals surface area contributed by atoms with E-state index in [-0.39, 0.29) is 0 Å². The molecule has 3 rings (SSSR count). The number of nitrogens with one attached hydrogen (secondary N) is 1. The summed E-state index contributed by atoms with van der Waals surface area (Å²) in [6, 6.07) is 2.78. The fraction of sp³-hybridized carbons (Fsp3) is 0.583. The molecule has 0 saturated carbocycles. The molecule has 1 aromatic rings. The Kier molecular flexibility index (Phi) is 2.02. The lowest BCUT2D eigenvalue weighted by molar-refractivity contribution is 0.254. The molecule has 2 heterocycles. The number of piperidine rings is 1. The summed E-state index contributed by atoms with van der Waals surface area (Å²) < 4.78 is 0. The summed E-state index contributed by atoms with van der Waals surface area (Å²) >= 11 is 0. The first-order valence-corrected chi connectivity index (χ1v) is 5.61. The van der Waals surface area contributed by atoms with E-state index in [1.807, 2.05) is 6.20 Å². The normalized spacial score (nSPS) is 30.6. The van der Waals surface area contributed by atoms with E-state index in [0.29, 0.717) is 6.04 Å². The van der Waals surface area contributed by atoms with Gasteiger partial charge < -0.3 is 5.32 Å². The number of rotatable bonds is 0. The maximum absolute atomic E-state index is 4.25. The number of pyridine rings is 1. The number of aryl methyl sites for hydroxylation is 1. The lowest BCUT2D eigenvalue weighted by Gasteiger charge is -2.37. The van der Waals surface area contributed by atoms with Crippen molar-refractivity contribution in [1.29, 1.82) is 0 Å². The van der Waals surface area contributed by atoms with Crippen molar-refractivity contribution in [2.24, 2.45) is 5.92 Å². The maximum Gasteiger partial charge on any atom is 0.0366 e. The van der Waals surface area contributed by atoms with E-state index in [2.05, 4.69) is 22.6 Å². The van der Waals surface area contributed by atoms with Gasteiger partial charge in [-0.2, -0.15) is 0 Å². The molecule has 2 atom stereocenters. The molecular weight excluding hydrogens is 172 g/mol. The van der Waals surface area contributed by atoms with Gasteiger partial charge in [0, 0.05) is 18.4 Å². The SMILES string of the molecule is c1cc2c(cn1)[C@@H]1NCCC[C@@H]1CC2. The van der Waals surface area contributed by atoms with Crippen LogP contribution in [0, 0.1) is 5.92 Å². The zero-order valence-electron chi connectivity index (χ0n) is 8.37. The molecule has 1 aliphatic carbocycles. The Morgan fingerprint density at radius 2 is 2.36 bits per heavy atom. The first-order chi connectivity index (χ1) is 6.95. The minimum absolute atomic E-state index is 0.598. The first kappa shape index (κ1) is 8.42. The highest BCUT2D eigenvalue weighted by atomic mass is 14.9. The number of hydrogen-bond acceptors (Lipinski definition) is 2. The van der Waals surface area contributed by atoms with Gasteiger partial charge in [-0.25, -0.2) is 0 Å². The predicted molar refractivity (Wildman–Crippen MR) is 56.0 cm³/mol. The Labute approximate surface area is 84.7 Å². The molecule has 0 aromatic carbocycles. The molecule has 0 radical (unpaired) electrons. The molecule has 1 aromatic heterocycles. The number of fused-ring (bicyclic) bond motifs is 3. The van der Waals surface area contributed by atoms with Gasteiger partial charge in [-0.05, 0) is 55.3 Å². The zero-order chi connectivity index (χ0) is 9.38. The van der Waals surface area contributed by atoms with E-state index in [1.54, 1.807) is 0 Å². The predicted octanol–water partition coefficient (Wildman–Crippen LogP) is 2.07. The second kappa shape index (κ2) is 3.35. The standard InChI is InChI=1S/C12H16N2/c1-2-10-4-3-9-5-7-13-8-11(9)12(10)14-6-1/h5,7-8,10,12,14H,1-4,6H2/t10-,12-/m1/s1. The van der Waals surface area contributed by atoms with E-state index in [9.17, 15) is 0 Å². The van der Waals surface area contributed by atoms with E-state index >= 15 is 0 Å². The maximum atomic E-state index is 4.25. The van der Waals surface area contributed by atoms with Crippen molar-refractivity contribution in [2.45, 2.75) is 31.7 Å². The van der Waals surface area contributed by atoms with Crippen LogP contribution in [-0.4, -0.2) is 11.5 Å². The van der Waals surface area contributed by atoms with Crippen LogP contribution < -0.4 is 5.32 Å². The van der Waals surface area contributed by atoms with E-state index < -0.39 is 0 Å². The number of aromatic nitrogens is 1. The second-order valence-electron chi connectivity index (χ2n) is 4.45. The summed E-state index contributed by atoms with van der Waals surface area (Å²) in [5.41, 5.74) is 2.97. The number of nitrogens with zero attached hydrogens (tertiary/aromatic N) is 1. The molecule has 1 N–H and O–H groups in total. The van der Waals surface area contributed by atoms with Crippen LogP contribution in [0.3, 0.4) is 0 Å². The summed E-state index contributed by atoms with van der Waals surface area (Å²) in [6.45, 7) is 1.18. The van der Waals surface area contributed by atoms with Gasteiger partial charge in [0.15, 0.2) is 0 Å². The zero-order valence-corrected chi connectivity index (χ0v) is 8.37. The average Bonchev–Trinajstić information content (AvgIpc) is 2.29. The minimum atomic E-state index is 0.598. The lowest BCUT2D eigenvalue weighted by Crippen LogP contribution is -2.37. The van der Waals surface area contributed by atoms with Crippen LogP contribution in [0.2, 0.25) is 0 Å². The Hall–Kier alpha value is -0.890. The summed E-state index contributed by atoms with van der Waals surface area (Å²) in [6.07, 6.45) is 9.32. The van der Waals surface area contributed by atoms with Crippen molar-refractivity contribution in [2.75, 3.05) is 6.54 Å². The molecule has 1 fully saturated rings. The fourth-order valence-electron chi connectivity index (χ4n) is 2.91. The van der Waals surface area contributed by atoms with Crippen molar-refractivity contribution in [3.8, 4) is 0 Å². The molecule has 0 unspecified atom stereocenters. The van der Waals surface area contributed by atoms with Gasteiger partial charge in [-0.1, -0.05) is 0 Å². The van der Waals surface area contributed by atoms with Crippen LogP contribution in [0.25, 0.3) is 0 Å². The summed E-state index contributed by atoms with van der Waals surface area (Å²) in [5, 5.41) is 3.64. The Morgan fingerprint density at radius 1 is 1.36 bits per heavy atom. The average molecular weight is 188 g/mol. The van der Waals surface area contributed by atoms with Gasteiger partial charge in [0.1, 0.15) is 0 Å². The molecule has 14 heavy (non-hydrogen) atoms. The molecule has 0 bridgehead atoms. The highest BCUT2D eigenvalue weighted by Gasteiger charge is 2.30. The quantitative estimate of drug-likeness (QED) is 0.674. The third-order valence-electron chi connectivity index (χ3n) is 3.65. The molecule has 0 amide bonds. The van der Waals surface area contributed by atoms with Crippen LogP contribution in [0.15, 0.2) is 18.5 Å². The minimum Gasteiger partial charge on any atom is -0.310 e. The van der Waals surface area contributed by atoms with Gasteiger partial charge in [0.25, 0.3) is 0 Å². The summed E-state index contributed by atoms with van der Waals surface area (Å²) in [4.78, 5) is 4.25. The van der Waals surface area contributed by atoms with Crippen LogP contribution >= 0.6 is 0 Å². The highest BCUT2D eigenvalue weighted by Crippen LogP contribution is 2.38. The Bertz CT molecular complexity index is 335. The summed E-state index contributed by atoms with van der Waals surface area (Å²) in [7, 11) is 0. The van der Waals surface area contributed by atoms with Crippen LogP contribution in [-0.2, 0) is 6.42 Å². The number of hydrogen-bond donors (Lipinski definition) is 1. The smallest absolute Gasteiger partial charge is 0.0366 e. The lowest BCUT2D eigenvalue weighted by atomic mass is 9.76. The fourth-order valence-corrected chi connectivity index (χ4v) is 2.91. The Morgan fingerprint density at radius 3 is 3.36 bits per heavy atom. The first-order valence-electron chi connectivity index (χ1n) is 5.61. The molecule has 1 saturated heterocycles. The largest absolute Gasteiger partial charge is 0.310 e. The molecule has 2 heteroatoms. The van der Waals surface area contributed by atoms with Gasteiger partial charge in [0.2, 0.25) is 0 Å². The molecule has 0 spiro atoms. The molecule has 2 aliphatic rings. The second-order valence-corrected chi connectivity index (χ2v) is 4.45. The molecular formula is C12H16N2. The topological polar surface area (TPSA) is 24.9 Å². The van der Waals surface area contributed by atoms with Crippen molar-refractivity contribution >= 4 is 0 Å². The van der Waals surface area contributed by atoms with Crippen LogP contribution in [0.4, 0.5) is 0 Å². The van der Waals surface area contributed by atoms with Crippen molar-refractivity contribution in [3.63, 3.8) is 0 Å². The highest BCUT2D eigenvalue weighted by molar-refractivity contribution is 5.30. The van der Waals surface area contributed by atoms with Crippen LogP contribution in [0.1, 0.15) is 36.4 Å². The van der Waals surface area contributed by atoms with Crippen molar-refractivity contribution in [1.82, 2.24) is 10.3 Å². The van der Waals surface area contributed by atoms with Crippen molar-refractivity contribution < 1.29 is 0 Å².